The predicted octanol–water partition coefficient (Wildman–Crippen LogP) is 2.55. The van der Waals surface area contributed by atoms with Crippen LogP contribution in [0.25, 0.3) is 0 Å². The zero-order valence-electron chi connectivity index (χ0n) is 41.6. The molecule has 0 radical (unpaired) electrons. The normalized spacial score (nSPS) is 27.4. The van der Waals surface area contributed by atoms with Gasteiger partial charge in [-0.2, -0.15) is 23.5 Å². The van der Waals surface area contributed by atoms with E-state index in [1.165, 1.54) is 42.3 Å². The number of amides is 5. The van der Waals surface area contributed by atoms with Crippen LogP contribution in [0, 0.1) is 0 Å². The molecule has 71 heavy (non-hydrogen) atoms. The molecular formula is C51H75N7O11S2. The van der Waals surface area contributed by atoms with Crippen LogP contribution in [-0.2, 0) is 51.5 Å². The van der Waals surface area contributed by atoms with Crippen molar-refractivity contribution in [2.24, 2.45) is 0 Å². The lowest BCUT2D eigenvalue weighted by atomic mass is 9.99. The summed E-state index contributed by atoms with van der Waals surface area (Å²) in [6, 6.07) is 7.14. The smallest absolute Gasteiger partial charge is 0.305 e. The molecule has 20 heteroatoms. The Balaban J connectivity index is 1.50. The van der Waals surface area contributed by atoms with E-state index >= 15 is 0 Å². The van der Waals surface area contributed by atoms with E-state index in [0.29, 0.717) is 55.7 Å². The van der Waals surface area contributed by atoms with Crippen LogP contribution < -0.4 is 26.6 Å². The van der Waals surface area contributed by atoms with Crippen LogP contribution in [0.5, 0.6) is 0 Å². The summed E-state index contributed by atoms with van der Waals surface area (Å²) in [7, 11) is 0. The second kappa shape index (κ2) is 28.0. The minimum atomic E-state index is -1.86. The summed E-state index contributed by atoms with van der Waals surface area (Å²) in [6.07, 6.45) is -1.19. The summed E-state index contributed by atoms with van der Waals surface area (Å²) < 4.78 is 0. The minimum absolute atomic E-state index is 0.0270. The molecule has 10 atom stereocenters. The molecule has 9 N–H and O–H groups in total. The molecule has 5 rings (SSSR count). The van der Waals surface area contributed by atoms with Gasteiger partial charge in [0, 0.05) is 48.9 Å². The third-order valence-corrected chi connectivity index (χ3v) is 15.5. The van der Waals surface area contributed by atoms with Gasteiger partial charge < -0.3 is 46.2 Å². The number of benzene rings is 2. The predicted molar refractivity (Wildman–Crippen MR) is 273 cm³/mol. The Hall–Kier alpha value is -4.57. The lowest BCUT2D eigenvalue weighted by Gasteiger charge is -2.37. The highest BCUT2D eigenvalue weighted by molar-refractivity contribution is 7.98. The van der Waals surface area contributed by atoms with Crippen molar-refractivity contribution in [1.82, 2.24) is 36.4 Å². The minimum Gasteiger partial charge on any atom is -0.481 e. The molecule has 3 heterocycles. The summed E-state index contributed by atoms with van der Waals surface area (Å²) in [4.78, 5) is 98.9. The largest absolute Gasteiger partial charge is 0.481 e. The Morgan fingerprint density at radius 2 is 1.45 bits per heavy atom. The third-order valence-electron chi connectivity index (χ3n) is 13.3. The van der Waals surface area contributed by atoms with Crippen molar-refractivity contribution in [2.45, 2.75) is 177 Å². The maximum atomic E-state index is 14.6. The van der Waals surface area contributed by atoms with Crippen molar-refractivity contribution in [1.29, 1.82) is 0 Å². The summed E-state index contributed by atoms with van der Waals surface area (Å²) in [6.45, 7) is 9.47. The number of nitrogens with one attached hydrogen (secondary N) is 5. The first-order chi connectivity index (χ1) is 33.9. The average molecular weight is 1030 g/mol. The molecule has 2 bridgehead atoms. The number of unbranched alkanes of at least 4 members (excludes halogenated alkanes) is 2. The second-order valence-electron chi connectivity index (χ2n) is 19.3. The van der Waals surface area contributed by atoms with Crippen LogP contribution in [0.4, 0.5) is 0 Å². The summed E-state index contributed by atoms with van der Waals surface area (Å²) in [5.74, 6) is -2.75. The van der Waals surface area contributed by atoms with Gasteiger partial charge in [-0.15, -0.1) is 0 Å². The Labute approximate surface area is 426 Å². The number of carboxylic acids is 1. The summed E-state index contributed by atoms with van der Waals surface area (Å²) in [5, 5.41) is 57.9. The molecule has 392 valence electrons. The Kier molecular flexibility index (Phi) is 22.6. The van der Waals surface area contributed by atoms with E-state index in [1.54, 1.807) is 35.2 Å². The van der Waals surface area contributed by atoms with Gasteiger partial charge in [-0.1, -0.05) is 82.1 Å². The number of carboxylic acid groups (broad SMARTS) is 1. The summed E-state index contributed by atoms with van der Waals surface area (Å²) in [5.41, 5.74) is 3.75. The quantitative estimate of drug-likeness (QED) is 0.138. The molecule has 2 aromatic carbocycles. The van der Waals surface area contributed by atoms with Crippen molar-refractivity contribution >= 4 is 64.8 Å². The number of aliphatic hydroxyl groups is 3. The molecule has 0 aromatic heterocycles. The molecule has 3 aliphatic heterocycles. The van der Waals surface area contributed by atoms with E-state index in [1.807, 2.05) is 6.92 Å². The van der Waals surface area contributed by atoms with E-state index in [4.69, 9.17) is 0 Å². The van der Waals surface area contributed by atoms with Gasteiger partial charge in [-0.05, 0) is 74.1 Å². The fraction of sp³-hybridized carbons (Fsp3) is 0.627. The van der Waals surface area contributed by atoms with Crippen molar-refractivity contribution in [2.75, 3.05) is 24.6 Å². The number of fused-ring (bicyclic) bond motifs is 4. The number of rotatable bonds is 12. The van der Waals surface area contributed by atoms with Gasteiger partial charge in [-0.3, -0.25) is 44.2 Å². The van der Waals surface area contributed by atoms with E-state index in [-0.39, 0.29) is 60.3 Å². The highest BCUT2D eigenvalue weighted by Gasteiger charge is 2.44. The van der Waals surface area contributed by atoms with Crippen LogP contribution in [0.15, 0.2) is 48.5 Å². The van der Waals surface area contributed by atoms with Gasteiger partial charge >= 0.3 is 5.97 Å². The summed E-state index contributed by atoms with van der Waals surface area (Å²) >= 11 is 2.94. The van der Waals surface area contributed by atoms with Gasteiger partial charge in [-0.25, -0.2) is 0 Å². The first-order valence-corrected chi connectivity index (χ1v) is 27.3. The molecule has 0 aliphatic carbocycles. The molecule has 3 aliphatic rings. The molecule has 5 amide bonds. The van der Waals surface area contributed by atoms with Gasteiger partial charge in [0.25, 0.3) is 0 Å². The van der Waals surface area contributed by atoms with Gasteiger partial charge in [0.2, 0.25) is 29.5 Å². The molecule has 18 nitrogen and oxygen atoms in total. The molecule has 2 unspecified atom stereocenters. The van der Waals surface area contributed by atoms with Crippen molar-refractivity contribution in [3.05, 3.63) is 70.8 Å². The molecular weight excluding hydrogens is 951 g/mol. The zero-order chi connectivity index (χ0) is 51.8. The number of thioether (sulfide) groups is 2. The Morgan fingerprint density at radius 1 is 0.803 bits per heavy atom. The Morgan fingerprint density at radius 3 is 2.08 bits per heavy atom. The van der Waals surface area contributed by atoms with Crippen LogP contribution >= 0.6 is 23.5 Å². The van der Waals surface area contributed by atoms with E-state index in [0.717, 1.165) is 29.5 Å². The fourth-order valence-electron chi connectivity index (χ4n) is 9.31. The monoisotopic (exact) mass is 1030 g/mol. The van der Waals surface area contributed by atoms with Crippen LogP contribution in [-0.4, -0.2) is 157 Å². The lowest BCUT2D eigenvalue weighted by Crippen LogP contribution is -2.64. The van der Waals surface area contributed by atoms with Crippen molar-refractivity contribution < 1.29 is 54.0 Å². The number of carbonyl (C=O) groups excluding carboxylic acids is 6. The number of aliphatic hydroxyl groups excluding tert-OH is 3. The fourth-order valence-corrected chi connectivity index (χ4v) is 11.4. The zero-order valence-corrected chi connectivity index (χ0v) is 43.3. The molecule has 0 spiro atoms. The molecule has 2 aromatic rings. The van der Waals surface area contributed by atoms with Gasteiger partial charge in [0.15, 0.2) is 5.78 Å². The molecule has 0 saturated carbocycles. The maximum absolute atomic E-state index is 14.6. The first kappa shape index (κ1) is 57.3. The number of hydrogen-bond acceptors (Lipinski definition) is 14. The first-order valence-electron chi connectivity index (χ1n) is 25.0. The number of ketones is 1. The second-order valence-corrected chi connectivity index (χ2v) is 21.4. The highest BCUT2D eigenvalue weighted by atomic mass is 32.2. The maximum Gasteiger partial charge on any atom is 0.305 e. The molecule has 2 saturated heterocycles. The molecule has 2 fully saturated rings. The lowest BCUT2D eigenvalue weighted by molar-refractivity contribution is -0.147. The number of carbonyl (C=O) groups is 7. The SMILES string of the molecule is CCCCCC(=O)N[C@H]1CSCc2cc(cc(C(C)C)c2)CSC[C@@H](C(C)=O)NC(=O)[C@H](Cc2ccccc2)NC(=O)[C@@H](CC(=O)O)NC(O)[C@H]([C@@H](C)O)NC(O)[C@@H]2CCCN2C(=O)[C@@H]2CCCN2C1=O. The number of nitrogens with zero attached hydrogens (tertiary/aromatic N) is 2. The van der Waals surface area contributed by atoms with Crippen molar-refractivity contribution in [3.63, 3.8) is 0 Å². The average Bonchev–Trinajstić information content (AvgIpc) is 4.03. The Bertz CT molecular complexity index is 2130. The number of hydrogen-bond donors (Lipinski definition) is 9. The third kappa shape index (κ3) is 17.0. The van der Waals surface area contributed by atoms with E-state index < -0.39 is 85.1 Å². The van der Waals surface area contributed by atoms with Gasteiger partial charge in [0.1, 0.15) is 30.6 Å². The number of aliphatic carboxylic acids is 1. The van der Waals surface area contributed by atoms with Crippen LogP contribution in [0.3, 0.4) is 0 Å². The van der Waals surface area contributed by atoms with Gasteiger partial charge in [0.05, 0.1) is 36.7 Å². The van der Waals surface area contributed by atoms with E-state index in [9.17, 15) is 54.0 Å². The van der Waals surface area contributed by atoms with Crippen LogP contribution in [0.2, 0.25) is 0 Å². The number of Topliss-reactive ketones (excluding diaryl/α,β-unsaturated/α-hetero) is 1. The van der Waals surface area contributed by atoms with Crippen molar-refractivity contribution in [3.8, 4) is 0 Å². The van der Waals surface area contributed by atoms with Crippen LogP contribution in [0.1, 0.15) is 121 Å². The topological polar surface area (TPSA) is 267 Å². The highest BCUT2D eigenvalue weighted by Crippen LogP contribution is 2.29. The standard InChI is InChI=1S/C51H75N7O11S2/c1-6-7-9-18-43(61)52-40-29-71-27-35-21-34(22-36(23-35)30(2)3)26-70-28-39(31(4)59)55-46(64)37(24-33-14-10-8-11-15-33)53-47(65)38(25-44(62)63)54-49(67)45(32(5)60)56-48(66)41-16-12-19-57(41)51(69)42-17-13-20-58(42)50(40)68/h8,10-11,14-15,21-23,30,32,37-42,45,48-49,54,56,60,66-67H,6-7,9,12-13,16-20,24-29H2,1-5H3,(H,52,61)(H,53,65)(H,55,64)(H,62,63)/t32-,37+,38-,39+,40+,41+,42+,45+,48?,49?/m1/s1. The van der Waals surface area contributed by atoms with E-state index in [2.05, 4.69) is 58.6 Å².